The van der Waals surface area contributed by atoms with Gasteiger partial charge in [0.05, 0.1) is 0 Å². The molecule has 1 aromatic rings. The lowest BCUT2D eigenvalue weighted by Crippen LogP contribution is -2.39. The molecule has 0 spiro atoms. The molecule has 0 amide bonds. The van der Waals surface area contributed by atoms with Gasteiger partial charge in [0.2, 0.25) is 0 Å². The summed E-state index contributed by atoms with van der Waals surface area (Å²) in [6, 6.07) is 0.534. The van der Waals surface area contributed by atoms with Crippen LogP contribution < -0.4 is 5.32 Å². The van der Waals surface area contributed by atoms with Crippen molar-refractivity contribution in [2.45, 2.75) is 53.0 Å². The highest BCUT2D eigenvalue weighted by molar-refractivity contribution is 4.94. The fraction of sp³-hybridized carbons (Fsp3) is 0.846. The van der Waals surface area contributed by atoms with E-state index in [1.165, 1.54) is 0 Å². The van der Waals surface area contributed by atoms with E-state index in [0.717, 1.165) is 31.6 Å². The normalized spacial score (nSPS) is 12.4. The Balaban J connectivity index is 2.73. The zero-order valence-corrected chi connectivity index (χ0v) is 11.8. The van der Waals surface area contributed by atoms with Gasteiger partial charge in [-0.1, -0.05) is 27.7 Å². The highest BCUT2D eigenvalue weighted by Crippen LogP contribution is 2.29. The van der Waals surface area contributed by atoms with Crippen molar-refractivity contribution in [2.75, 3.05) is 6.54 Å². The molecule has 0 atom stereocenters. The largest absolute Gasteiger partial charge is 0.314 e. The van der Waals surface area contributed by atoms with Crippen molar-refractivity contribution in [3.8, 4) is 0 Å². The predicted molar refractivity (Wildman–Crippen MR) is 70.9 cm³/mol. The number of aryl methyl sites for hydroxylation is 1. The van der Waals surface area contributed by atoms with E-state index in [0.29, 0.717) is 11.5 Å². The molecule has 0 aliphatic carbocycles. The molecule has 0 fully saturated rings. The summed E-state index contributed by atoms with van der Waals surface area (Å²) in [5.74, 6) is 1.08. The Hall–Kier alpha value is -0.900. The number of nitrogens with one attached hydrogen (secondary N) is 1. The van der Waals surface area contributed by atoms with E-state index < -0.39 is 0 Å². The van der Waals surface area contributed by atoms with Crippen LogP contribution >= 0.6 is 0 Å². The Morgan fingerprint density at radius 3 is 2.41 bits per heavy atom. The molecular formula is C13H26N4. The molecular weight excluding hydrogens is 212 g/mol. The smallest absolute Gasteiger partial charge is 0.138 e. The van der Waals surface area contributed by atoms with Crippen molar-refractivity contribution < 1.29 is 0 Å². The van der Waals surface area contributed by atoms with Crippen LogP contribution in [0.15, 0.2) is 6.33 Å². The first kappa shape index (κ1) is 14.2. The van der Waals surface area contributed by atoms with Gasteiger partial charge >= 0.3 is 0 Å². The molecule has 0 saturated carbocycles. The lowest BCUT2D eigenvalue weighted by atomic mass is 9.78. The Bertz CT molecular complexity index is 326. The first-order chi connectivity index (χ1) is 8.03. The molecule has 0 bridgehead atoms. The molecule has 98 valence electrons. The third kappa shape index (κ3) is 3.80. The Kier molecular flexibility index (Phi) is 5.12. The molecule has 0 aliphatic rings. The maximum Gasteiger partial charge on any atom is 0.138 e. The summed E-state index contributed by atoms with van der Waals surface area (Å²) in [6.45, 7) is 9.96. The molecule has 0 aliphatic heterocycles. The second-order valence-corrected chi connectivity index (χ2v) is 5.22. The minimum atomic E-state index is 0.297. The van der Waals surface area contributed by atoms with Crippen molar-refractivity contribution in [1.82, 2.24) is 20.1 Å². The van der Waals surface area contributed by atoms with Crippen LogP contribution in [0.3, 0.4) is 0 Å². The summed E-state index contributed by atoms with van der Waals surface area (Å²) in [5, 5.41) is 7.71. The lowest BCUT2D eigenvalue weighted by molar-refractivity contribution is 0.232. The van der Waals surface area contributed by atoms with Gasteiger partial charge in [0.1, 0.15) is 12.2 Å². The van der Waals surface area contributed by atoms with Crippen LogP contribution in [0.4, 0.5) is 0 Å². The molecule has 1 N–H and O–H groups in total. The maximum atomic E-state index is 4.35. The number of hydrogen-bond donors (Lipinski definition) is 1. The summed E-state index contributed by atoms with van der Waals surface area (Å²) < 4.78 is 1.88. The summed E-state index contributed by atoms with van der Waals surface area (Å²) >= 11 is 0. The molecule has 0 aromatic carbocycles. The maximum absolute atomic E-state index is 4.35. The Morgan fingerprint density at radius 2 is 2.00 bits per heavy atom. The van der Waals surface area contributed by atoms with Gasteiger partial charge in [-0.05, 0) is 18.3 Å². The van der Waals surface area contributed by atoms with E-state index >= 15 is 0 Å². The van der Waals surface area contributed by atoms with E-state index in [1.807, 2.05) is 11.7 Å². The standard InChI is InChI=1S/C13H26N4/c1-6-13(7-2,9-14-11(3)4)8-12-15-10-16-17(12)5/h10-11,14H,6-9H2,1-5H3. The Labute approximate surface area is 105 Å². The summed E-state index contributed by atoms with van der Waals surface area (Å²) in [5.41, 5.74) is 0.297. The number of hydrogen-bond acceptors (Lipinski definition) is 3. The van der Waals surface area contributed by atoms with Gasteiger partial charge in [0, 0.05) is 26.1 Å². The zero-order valence-electron chi connectivity index (χ0n) is 11.8. The molecule has 4 nitrogen and oxygen atoms in total. The predicted octanol–water partition coefficient (Wildman–Crippen LogP) is 2.16. The molecule has 4 heteroatoms. The van der Waals surface area contributed by atoms with Crippen molar-refractivity contribution in [2.24, 2.45) is 12.5 Å². The van der Waals surface area contributed by atoms with Gasteiger partial charge < -0.3 is 5.32 Å². The van der Waals surface area contributed by atoms with Crippen molar-refractivity contribution in [3.63, 3.8) is 0 Å². The molecule has 0 radical (unpaired) electrons. The van der Waals surface area contributed by atoms with E-state index in [-0.39, 0.29) is 0 Å². The first-order valence-corrected chi connectivity index (χ1v) is 6.59. The minimum absolute atomic E-state index is 0.297. The second kappa shape index (κ2) is 6.15. The van der Waals surface area contributed by atoms with E-state index in [9.17, 15) is 0 Å². The topological polar surface area (TPSA) is 42.7 Å². The molecule has 0 unspecified atom stereocenters. The zero-order chi connectivity index (χ0) is 12.9. The van der Waals surface area contributed by atoms with Crippen LogP contribution in [-0.2, 0) is 13.5 Å². The van der Waals surface area contributed by atoms with Crippen LogP contribution in [0.25, 0.3) is 0 Å². The van der Waals surface area contributed by atoms with Crippen LogP contribution in [0.2, 0.25) is 0 Å². The monoisotopic (exact) mass is 238 g/mol. The van der Waals surface area contributed by atoms with Gasteiger partial charge in [-0.3, -0.25) is 4.68 Å². The molecule has 1 heterocycles. The highest BCUT2D eigenvalue weighted by Gasteiger charge is 2.28. The van der Waals surface area contributed by atoms with E-state index in [2.05, 4.69) is 43.1 Å². The van der Waals surface area contributed by atoms with Crippen LogP contribution in [0.5, 0.6) is 0 Å². The van der Waals surface area contributed by atoms with Gasteiger partial charge in [0.25, 0.3) is 0 Å². The summed E-state index contributed by atoms with van der Waals surface area (Å²) in [4.78, 5) is 4.35. The van der Waals surface area contributed by atoms with Crippen molar-refractivity contribution in [1.29, 1.82) is 0 Å². The number of nitrogens with zero attached hydrogens (tertiary/aromatic N) is 3. The number of aromatic nitrogens is 3. The van der Waals surface area contributed by atoms with Gasteiger partial charge in [0.15, 0.2) is 0 Å². The summed E-state index contributed by atoms with van der Waals surface area (Å²) in [7, 11) is 1.97. The van der Waals surface area contributed by atoms with E-state index in [1.54, 1.807) is 6.33 Å². The molecule has 1 rings (SSSR count). The van der Waals surface area contributed by atoms with Crippen LogP contribution in [0, 0.1) is 5.41 Å². The Morgan fingerprint density at radius 1 is 1.35 bits per heavy atom. The van der Waals surface area contributed by atoms with Crippen molar-refractivity contribution in [3.05, 3.63) is 12.2 Å². The molecule has 0 saturated heterocycles. The third-order valence-electron chi connectivity index (χ3n) is 3.72. The van der Waals surface area contributed by atoms with E-state index in [4.69, 9.17) is 0 Å². The average molecular weight is 238 g/mol. The van der Waals surface area contributed by atoms with Gasteiger partial charge in [-0.15, -0.1) is 0 Å². The van der Waals surface area contributed by atoms with Crippen LogP contribution in [0.1, 0.15) is 46.4 Å². The van der Waals surface area contributed by atoms with Gasteiger partial charge in [-0.2, -0.15) is 5.10 Å². The first-order valence-electron chi connectivity index (χ1n) is 6.59. The number of rotatable bonds is 7. The molecule has 1 aromatic heterocycles. The lowest BCUT2D eigenvalue weighted by Gasteiger charge is -2.32. The summed E-state index contributed by atoms with van der Waals surface area (Å²) in [6.07, 6.45) is 4.96. The average Bonchev–Trinajstić information content (AvgIpc) is 2.70. The quantitative estimate of drug-likeness (QED) is 0.791. The molecule has 17 heavy (non-hydrogen) atoms. The fourth-order valence-electron chi connectivity index (χ4n) is 2.05. The third-order valence-corrected chi connectivity index (χ3v) is 3.72. The minimum Gasteiger partial charge on any atom is -0.314 e. The van der Waals surface area contributed by atoms with Gasteiger partial charge in [-0.25, -0.2) is 4.98 Å². The van der Waals surface area contributed by atoms with Crippen molar-refractivity contribution >= 4 is 0 Å². The highest BCUT2D eigenvalue weighted by atomic mass is 15.3. The fourth-order valence-corrected chi connectivity index (χ4v) is 2.05. The second-order valence-electron chi connectivity index (χ2n) is 5.22. The SMILES string of the molecule is CCC(CC)(CNC(C)C)Cc1ncnn1C. The van der Waals surface area contributed by atoms with Crippen LogP contribution in [-0.4, -0.2) is 27.4 Å².